The maximum absolute atomic E-state index is 13.4. The molecule has 4 aromatic rings. The minimum Gasteiger partial charge on any atom is -0.475 e. The van der Waals surface area contributed by atoms with Gasteiger partial charge in [0.1, 0.15) is 0 Å². The highest BCUT2D eigenvalue weighted by Crippen LogP contribution is 2.37. The molecule has 46 heavy (non-hydrogen) atoms. The Hall–Kier alpha value is -4.64. The summed E-state index contributed by atoms with van der Waals surface area (Å²) in [6.45, 7) is 3.21. The van der Waals surface area contributed by atoms with Gasteiger partial charge >= 0.3 is 24.3 Å². The van der Waals surface area contributed by atoms with Crippen molar-refractivity contribution in [2.24, 2.45) is 5.92 Å². The van der Waals surface area contributed by atoms with Gasteiger partial charge < -0.3 is 20.0 Å². The first-order chi connectivity index (χ1) is 21.4. The highest BCUT2D eigenvalue weighted by atomic mass is 32.2. The minimum absolute atomic E-state index is 0.274. The molecule has 2 atom stereocenters. The largest absolute Gasteiger partial charge is 0.490 e. The molecule has 2 aromatic heterocycles. The molecule has 10 nitrogen and oxygen atoms in total. The van der Waals surface area contributed by atoms with Crippen LogP contribution in [0.4, 0.5) is 32.0 Å². The summed E-state index contributed by atoms with van der Waals surface area (Å²) < 4.78 is 91.7. The SMILES string of the molecule is CN1C[C@H]2CN(c3cncc(-c4cn(S(=O)(=O)c5ccccc5)c5ccccc45)c3)C[C@H]21.O=C(O)C(F)(F)F.O=C(O)C(F)(F)F. The number of halogens is 6. The van der Waals surface area contributed by atoms with Crippen LogP contribution in [-0.4, -0.2) is 89.5 Å². The van der Waals surface area contributed by atoms with Crippen molar-refractivity contribution in [2.75, 3.05) is 31.6 Å². The number of alkyl halides is 6. The number of aliphatic carboxylic acids is 2. The van der Waals surface area contributed by atoms with Gasteiger partial charge in [0, 0.05) is 60.5 Å². The van der Waals surface area contributed by atoms with Crippen LogP contribution in [0.1, 0.15) is 0 Å². The van der Waals surface area contributed by atoms with Gasteiger partial charge in [0.05, 0.1) is 22.3 Å². The maximum atomic E-state index is 13.4. The Morgan fingerprint density at radius 1 is 0.848 bits per heavy atom. The first-order valence-corrected chi connectivity index (χ1v) is 14.8. The fraction of sp³-hybridized carbons (Fsp3) is 0.276. The molecule has 2 N–H and O–H groups in total. The van der Waals surface area contributed by atoms with Crippen molar-refractivity contribution in [3.8, 4) is 11.1 Å². The topological polar surface area (TPSA) is 133 Å². The Bertz CT molecular complexity index is 1810. The van der Waals surface area contributed by atoms with Crippen LogP contribution in [0.3, 0.4) is 0 Å². The average Bonchev–Trinajstić information content (AvgIpc) is 3.56. The molecule has 2 aliphatic rings. The molecule has 17 heteroatoms. The summed E-state index contributed by atoms with van der Waals surface area (Å²) in [4.78, 5) is 27.4. The van der Waals surface area contributed by atoms with Gasteiger partial charge in [-0.25, -0.2) is 22.0 Å². The van der Waals surface area contributed by atoms with E-state index in [9.17, 15) is 34.8 Å². The molecule has 0 unspecified atom stereocenters. The summed E-state index contributed by atoms with van der Waals surface area (Å²) in [5.41, 5.74) is 3.55. The van der Waals surface area contributed by atoms with E-state index in [4.69, 9.17) is 19.8 Å². The number of anilines is 1. The first kappa shape index (κ1) is 34.2. The van der Waals surface area contributed by atoms with Crippen molar-refractivity contribution in [2.45, 2.75) is 23.3 Å². The summed E-state index contributed by atoms with van der Waals surface area (Å²) in [7, 11) is -1.53. The van der Waals surface area contributed by atoms with Gasteiger partial charge in [0.2, 0.25) is 0 Å². The van der Waals surface area contributed by atoms with E-state index in [2.05, 4.69) is 27.9 Å². The zero-order valence-electron chi connectivity index (χ0n) is 23.8. The number of carboxylic acid groups (broad SMARTS) is 2. The van der Waals surface area contributed by atoms with E-state index < -0.39 is 34.3 Å². The van der Waals surface area contributed by atoms with Crippen LogP contribution in [0.15, 0.2) is 84.1 Å². The number of carboxylic acids is 2. The van der Waals surface area contributed by atoms with Gasteiger partial charge in [0.25, 0.3) is 10.0 Å². The van der Waals surface area contributed by atoms with E-state index in [0.717, 1.165) is 47.8 Å². The van der Waals surface area contributed by atoms with Gasteiger partial charge in [-0.2, -0.15) is 26.3 Å². The third kappa shape index (κ3) is 7.42. The predicted octanol–water partition coefficient (Wildman–Crippen LogP) is 4.96. The Balaban J connectivity index is 0.000000289. The van der Waals surface area contributed by atoms with Crippen LogP contribution in [0.2, 0.25) is 0 Å². The molecule has 0 amide bonds. The molecule has 4 heterocycles. The first-order valence-electron chi connectivity index (χ1n) is 13.3. The molecule has 0 aliphatic carbocycles. The number of likely N-dealkylation sites (tertiary alicyclic amines) is 1. The number of aromatic nitrogens is 2. The van der Waals surface area contributed by atoms with Gasteiger partial charge in [0.15, 0.2) is 0 Å². The fourth-order valence-electron chi connectivity index (χ4n) is 5.14. The lowest BCUT2D eigenvalue weighted by atomic mass is 9.93. The molecular formula is C29H26F6N4O6S. The lowest BCUT2D eigenvalue weighted by molar-refractivity contribution is -0.193. The predicted molar refractivity (Wildman–Crippen MR) is 154 cm³/mol. The van der Waals surface area contributed by atoms with Crippen LogP contribution < -0.4 is 4.90 Å². The monoisotopic (exact) mass is 672 g/mol. The molecule has 2 aromatic carbocycles. The zero-order valence-corrected chi connectivity index (χ0v) is 24.6. The Morgan fingerprint density at radius 2 is 1.41 bits per heavy atom. The van der Waals surface area contributed by atoms with Crippen LogP contribution in [0.25, 0.3) is 22.0 Å². The lowest BCUT2D eigenvalue weighted by Gasteiger charge is -2.40. The smallest absolute Gasteiger partial charge is 0.475 e. The second-order valence-electron chi connectivity index (χ2n) is 10.4. The fourth-order valence-corrected chi connectivity index (χ4v) is 6.53. The van der Waals surface area contributed by atoms with E-state index in [0.29, 0.717) is 11.6 Å². The summed E-state index contributed by atoms with van der Waals surface area (Å²) in [6, 6.07) is 19.0. The van der Waals surface area contributed by atoms with E-state index in [1.54, 1.807) is 30.5 Å². The molecule has 0 bridgehead atoms. The highest BCUT2D eigenvalue weighted by Gasteiger charge is 2.43. The lowest BCUT2D eigenvalue weighted by Crippen LogP contribution is -2.52. The zero-order chi connectivity index (χ0) is 34.0. The molecule has 0 saturated carbocycles. The van der Waals surface area contributed by atoms with Crippen molar-refractivity contribution < 1.29 is 54.6 Å². The molecule has 6 rings (SSSR count). The number of fused-ring (bicyclic) bond motifs is 2. The van der Waals surface area contributed by atoms with Gasteiger partial charge in [-0.15, -0.1) is 0 Å². The van der Waals surface area contributed by atoms with E-state index in [1.165, 1.54) is 3.97 Å². The Morgan fingerprint density at radius 3 is 1.96 bits per heavy atom. The molecule has 246 valence electrons. The molecular weight excluding hydrogens is 646 g/mol. The van der Waals surface area contributed by atoms with Gasteiger partial charge in [-0.05, 0) is 31.3 Å². The number of carbonyl (C=O) groups is 2. The third-order valence-electron chi connectivity index (χ3n) is 7.36. The van der Waals surface area contributed by atoms with Crippen LogP contribution in [-0.2, 0) is 19.6 Å². The summed E-state index contributed by atoms with van der Waals surface area (Å²) in [5, 5.41) is 15.1. The van der Waals surface area contributed by atoms with Crippen molar-refractivity contribution in [3.05, 3.63) is 79.3 Å². The minimum atomic E-state index is -5.08. The third-order valence-corrected chi connectivity index (χ3v) is 9.05. The number of rotatable bonds is 4. The number of para-hydroxylation sites is 1. The summed E-state index contributed by atoms with van der Waals surface area (Å²) in [6.07, 6.45) is -4.70. The number of pyridine rings is 1. The number of hydrogen-bond acceptors (Lipinski definition) is 7. The van der Waals surface area contributed by atoms with Crippen molar-refractivity contribution in [1.82, 2.24) is 13.9 Å². The van der Waals surface area contributed by atoms with Crippen molar-refractivity contribution >= 4 is 38.6 Å². The molecule has 2 fully saturated rings. The normalized spacial score (nSPS) is 18.0. The standard InChI is InChI=1S/C25H24N4O2S.2C2HF3O2/c1-27-14-19-15-28(17-25(19)27)20-11-18(12-26-13-20)23-16-29(24-10-6-5-9-22(23)24)32(30,31)21-7-3-2-4-8-21;2*3-2(4,5)1(6)7/h2-13,16,19,25H,14-15,17H2,1H3;2*(H,6,7)/t19-,25+;;/m0../s1. The van der Waals surface area contributed by atoms with Crippen LogP contribution in [0.5, 0.6) is 0 Å². The second kappa shape index (κ2) is 13.0. The quantitative estimate of drug-likeness (QED) is 0.289. The van der Waals surface area contributed by atoms with Crippen molar-refractivity contribution in [3.63, 3.8) is 0 Å². The number of benzene rings is 2. The Kier molecular flexibility index (Phi) is 9.67. The highest BCUT2D eigenvalue weighted by molar-refractivity contribution is 7.90. The molecule has 0 spiro atoms. The molecule has 0 radical (unpaired) electrons. The summed E-state index contributed by atoms with van der Waals surface area (Å²) >= 11 is 0. The van der Waals surface area contributed by atoms with Crippen LogP contribution >= 0.6 is 0 Å². The average molecular weight is 673 g/mol. The number of nitrogens with zero attached hydrogens (tertiary/aromatic N) is 4. The van der Waals surface area contributed by atoms with Crippen molar-refractivity contribution in [1.29, 1.82) is 0 Å². The number of likely N-dealkylation sites (N-methyl/N-ethyl adjacent to an activating group) is 1. The van der Waals surface area contributed by atoms with E-state index in [1.807, 2.05) is 42.7 Å². The maximum Gasteiger partial charge on any atom is 0.490 e. The molecule has 2 saturated heterocycles. The van der Waals surface area contributed by atoms with Gasteiger partial charge in [-0.3, -0.25) is 4.98 Å². The number of hydrogen-bond donors (Lipinski definition) is 2. The molecule has 2 aliphatic heterocycles. The summed E-state index contributed by atoms with van der Waals surface area (Å²) in [5.74, 6) is -4.79. The van der Waals surface area contributed by atoms with Gasteiger partial charge in [-0.1, -0.05) is 36.4 Å². The van der Waals surface area contributed by atoms with E-state index in [-0.39, 0.29) is 4.90 Å². The Labute approximate surface area is 258 Å². The van der Waals surface area contributed by atoms with Crippen LogP contribution in [0, 0.1) is 5.92 Å². The van der Waals surface area contributed by atoms with E-state index >= 15 is 0 Å². The second-order valence-corrected chi connectivity index (χ2v) is 12.2.